The predicted octanol–water partition coefficient (Wildman–Crippen LogP) is -0.500. The fraction of sp³-hybridized carbons (Fsp3) is 0.833. The Labute approximate surface area is 93.2 Å². The first-order valence-electron chi connectivity index (χ1n) is 3.88. The van der Waals surface area contributed by atoms with E-state index in [0.717, 1.165) is 0 Å². The number of halogens is 2. The number of hydrogen-bond donors (Lipinski definition) is 2. The highest BCUT2D eigenvalue weighted by atomic mass is 35.5. The zero-order valence-corrected chi connectivity index (χ0v) is 9.75. The third kappa shape index (κ3) is 7.37. The summed E-state index contributed by atoms with van der Waals surface area (Å²) in [5, 5.41) is 2.34. The van der Waals surface area contributed by atoms with Gasteiger partial charge in [0.25, 0.3) is 0 Å². The number of hydrogen-bond acceptors (Lipinski definition) is 3. The number of nitrogens with one attached hydrogen (secondary N) is 2. The molecule has 0 aromatic carbocycles. The van der Waals surface area contributed by atoms with Crippen LogP contribution >= 0.6 is 23.2 Å². The highest BCUT2D eigenvalue weighted by molar-refractivity contribution is 7.90. The molecule has 0 aliphatic carbocycles. The lowest BCUT2D eigenvalue weighted by Crippen LogP contribution is -2.37. The van der Waals surface area contributed by atoms with E-state index in [-0.39, 0.29) is 24.8 Å². The predicted molar refractivity (Wildman–Crippen MR) is 56.2 cm³/mol. The summed E-state index contributed by atoms with van der Waals surface area (Å²) >= 11 is 10.6. The molecule has 0 fully saturated rings. The van der Waals surface area contributed by atoms with Gasteiger partial charge >= 0.3 is 0 Å². The van der Waals surface area contributed by atoms with Crippen LogP contribution in [0.5, 0.6) is 0 Å². The lowest BCUT2D eigenvalue weighted by atomic mass is 10.6. The van der Waals surface area contributed by atoms with Crippen molar-refractivity contribution in [2.24, 2.45) is 0 Å². The molecule has 0 atom stereocenters. The summed E-state index contributed by atoms with van der Waals surface area (Å²) in [5.74, 6) is -0.753. The topological polar surface area (TPSA) is 75.3 Å². The van der Waals surface area contributed by atoms with Crippen molar-refractivity contribution in [3.05, 3.63) is 0 Å². The number of amides is 1. The van der Waals surface area contributed by atoms with E-state index in [1.807, 2.05) is 0 Å². The SMILES string of the molecule is O=C(CS(=O)(=O)NCCCl)NCCCl. The van der Waals surface area contributed by atoms with E-state index >= 15 is 0 Å². The smallest absolute Gasteiger partial charge is 0.236 e. The number of rotatable bonds is 7. The average molecular weight is 263 g/mol. The summed E-state index contributed by atoms with van der Waals surface area (Å²) in [7, 11) is -3.56. The molecule has 0 heterocycles. The number of carbonyl (C=O) groups is 1. The van der Waals surface area contributed by atoms with Gasteiger partial charge in [0.15, 0.2) is 0 Å². The van der Waals surface area contributed by atoms with E-state index in [1.54, 1.807) is 0 Å². The van der Waals surface area contributed by atoms with E-state index in [4.69, 9.17) is 23.2 Å². The van der Waals surface area contributed by atoms with Crippen molar-refractivity contribution in [1.82, 2.24) is 10.0 Å². The van der Waals surface area contributed by atoms with E-state index < -0.39 is 21.7 Å². The van der Waals surface area contributed by atoms with E-state index in [0.29, 0.717) is 0 Å². The second-order valence-corrected chi connectivity index (χ2v) is 4.94. The minimum atomic E-state index is -3.56. The maximum absolute atomic E-state index is 11.1. The van der Waals surface area contributed by atoms with E-state index in [9.17, 15) is 13.2 Å². The molecule has 0 aromatic heterocycles. The van der Waals surface area contributed by atoms with E-state index in [2.05, 4.69) is 10.0 Å². The third-order valence-corrected chi connectivity index (χ3v) is 2.82. The Morgan fingerprint density at radius 2 is 1.71 bits per heavy atom. The summed E-state index contributed by atoms with van der Waals surface area (Å²) in [6.07, 6.45) is 0. The molecule has 84 valence electrons. The molecule has 0 aliphatic rings. The van der Waals surface area contributed by atoms with Gasteiger partial charge in [-0.3, -0.25) is 4.79 Å². The van der Waals surface area contributed by atoms with Crippen molar-refractivity contribution in [3.8, 4) is 0 Å². The van der Waals surface area contributed by atoms with Crippen LogP contribution in [0, 0.1) is 0 Å². The van der Waals surface area contributed by atoms with Crippen LogP contribution in [-0.4, -0.2) is 44.9 Å². The monoisotopic (exact) mass is 262 g/mol. The lowest BCUT2D eigenvalue weighted by Gasteiger charge is -2.05. The molecular weight excluding hydrogens is 251 g/mol. The second-order valence-electron chi connectivity index (χ2n) is 2.38. The molecule has 0 radical (unpaired) electrons. The van der Waals surface area contributed by atoms with Gasteiger partial charge in [-0.25, -0.2) is 13.1 Å². The van der Waals surface area contributed by atoms with Gasteiger partial charge in [0.2, 0.25) is 15.9 Å². The molecule has 5 nitrogen and oxygen atoms in total. The normalized spacial score (nSPS) is 11.3. The van der Waals surface area contributed by atoms with Crippen molar-refractivity contribution >= 4 is 39.1 Å². The molecule has 2 N–H and O–H groups in total. The first-order valence-corrected chi connectivity index (χ1v) is 6.60. The molecule has 0 bridgehead atoms. The molecule has 8 heteroatoms. The largest absolute Gasteiger partial charge is 0.354 e. The summed E-state index contributed by atoms with van der Waals surface area (Å²) in [6.45, 7) is 0.373. The van der Waals surface area contributed by atoms with Crippen LogP contribution < -0.4 is 10.0 Å². The zero-order chi connectivity index (χ0) is 11.0. The van der Waals surface area contributed by atoms with Gasteiger partial charge in [-0.15, -0.1) is 23.2 Å². The molecular formula is C6H12Cl2N2O3S. The third-order valence-electron chi connectivity index (χ3n) is 1.15. The second kappa shape index (κ2) is 7.28. The Morgan fingerprint density at radius 1 is 1.14 bits per heavy atom. The first kappa shape index (κ1) is 14.0. The van der Waals surface area contributed by atoms with E-state index in [1.165, 1.54) is 0 Å². The van der Waals surface area contributed by atoms with Crippen LogP contribution in [0.1, 0.15) is 0 Å². The zero-order valence-electron chi connectivity index (χ0n) is 7.42. The first-order chi connectivity index (χ1) is 6.52. The Morgan fingerprint density at radius 3 is 2.21 bits per heavy atom. The Balaban J connectivity index is 3.90. The molecule has 0 saturated carbocycles. The fourth-order valence-electron chi connectivity index (χ4n) is 0.655. The standard InChI is InChI=1S/C6H12Cl2N2O3S/c7-1-3-9-6(11)5-14(12,13)10-4-2-8/h10H,1-5H2,(H,9,11). The van der Waals surface area contributed by atoms with Crippen LogP contribution in [0.15, 0.2) is 0 Å². The number of sulfonamides is 1. The molecule has 0 aromatic rings. The Kier molecular flexibility index (Phi) is 7.26. The summed E-state index contributed by atoms with van der Waals surface area (Å²) in [6, 6.07) is 0. The molecule has 1 amide bonds. The van der Waals surface area contributed by atoms with Crippen molar-refractivity contribution in [2.75, 3.05) is 30.6 Å². The number of carbonyl (C=O) groups excluding carboxylic acids is 1. The molecule has 0 aliphatic heterocycles. The Hall–Kier alpha value is -0.0400. The maximum Gasteiger partial charge on any atom is 0.236 e. The molecule has 14 heavy (non-hydrogen) atoms. The van der Waals surface area contributed by atoms with Gasteiger partial charge in [-0.05, 0) is 0 Å². The van der Waals surface area contributed by atoms with Crippen LogP contribution in [0.25, 0.3) is 0 Å². The lowest BCUT2D eigenvalue weighted by molar-refractivity contribution is -0.118. The van der Waals surface area contributed by atoms with Crippen LogP contribution in [0.2, 0.25) is 0 Å². The van der Waals surface area contributed by atoms with Gasteiger partial charge in [-0.1, -0.05) is 0 Å². The maximum atomic E-state index is 11.1. The molecule has 0 saturated heterocycles. The molecule has 0 unspecified atom stereocenters. The highest BCUT2D eigenvalue weighted by Crippen LogP contribution is 1.85. The summed E-state index contributed by atoms with van der Waals surface area (Å²) < 4.78 is 24.4. The fourth-order valence-corrected chi connectivity index (χ4v) is 1.92. The minimum Gasteiger partial charge on any atom is -0.354 e. The van der Waals surface area contributed by atoms with Crippen LogP contribution in [0.3, 0.4) is 0 Å². The number of alkyl halides is 2. The van der Waals surface area contributed by atoms with Crippen LogP contribution in [-0.2, 0) is 14.8 Å². The van der Waals surface area contributed by atoms with Crippen molar-refractivity contribution in [1.29, 1.82) is 0 Å². The molecule has 0 spiro atoms. The quantitative estimate of drug-likeness (QED) is 0.608. The van der Waals surface area contributed by atoms with Gasteiger partial charge in [-0.2, -0.15) is 0 Å². The van der Waals surface area contributed by atoms with Gasteiger partial charge in [0.1, 0.15) is 5.75 Å². The van der Waals surface area contributed by atoms with Crippen molar-refractivity contribution < 1.29 is 13.2 Å². The Bertz CT molecular complexity index is 268. The average Bonchev–Trinajstić information content (AvgIpc) is 2.11. The van der Waals surface area contributed by atoms with Crippen molar-refractivity contribution in [2.45, 2.75) is 0 Å². The summed E-state index contributed by atoms with van der Waals surface area (Å²) in [5.41, 5.74) is 0. The van der Waals surface area contributed by atoms with Gasteiger partial charge in [0, 0.05) is 24.8 Å². The van der Waals surface area contributed by atoms with Crippen molar-refractivity contribution in [3.63, 3.8) is 0 Å². The van der Waals surface area contributed by atoms with Gasteiger partial charge < -0.3 is 5.32 Å². The highest BCUT2D eigenvalue weighted by Gasteiger charge is 2.14. The van der Waals surface area contributed by atoms with Crippen LogP contribution in [0.4, 0.5) is 0 Å². The van der Waals surface area contributed by atoms with Gasteiger partial charge in [0.05, 0.1) is 0 Å². The summed E-state index contributed by atoms with van der Waals surface area (Å²) in [4.78, 5) is 11.0. The molecule has 0 rings (SSSR count). The minimum absolute atomic E-state index is 0.118.